The van der Waals surface area contributed by atoms with E-state index in [2.05, 4.69) is 14.9 Å². The summed E-state index contributed by atoms with van der Waals surface area (Å²) in [5, 5.41) is 2.97. The molecule has 6 nitrogen and oxygen atoms in total. The normalized spacial score (nSPS) is 14.9. The number of likely N-dealkylation sites (tertiary alicyclic amines) is 1. The first-order valence-electron chi connectivity index (χ1n) is 10.1. The zero-order chi connectivity index (χ0) is 20.1. The van der Waals surface area contributed by atoms with Gasteiger partial charge in [-0.15, -0.1) is 0 Å². The Labute approximate surface area is 166 Å². The molecule has 1 aliphatic heterocycles. The first-order valence-corrected chi connectivity index (χ1v) is 10.1. The van der Waals surface area contributed by atoms with Gasteiger partial charge in [-0.3, -0.25) is 14.6 Å². The molecule has 0 unspecified atom stereocenters. The van der Waals surface area contributed by atoms with E-state index in [0.29, 0.717) is 19.6 Å². The SMILES string of the molecule is CCCNC(=O)C1CCN(C(=O)c2cc(C)n(Cc3ccccn3)c2C)CC1. The van der Waals surface area contributed by atoms with E-state index in [4.69, 9.17) is 0 Å². The molecule has 1 N–H and O–H groups in total. The molecule has 2 aromatic rings. The molecule has 150 valence electrons. The Kier molecular flexibility index (Phi) is 6.49. The van der Waals surface area contributed by atoms with Gasteiger partial charge >= 0.3 is 0 Å². The number of rotatable bonds is 6. The predicted octanol–water partition coefficient (Wildman–Crippen LogP) is 2.93. The molecule has 0 saturated carbocycles. The summed E-state index contributed by atoms with van der Waals surface area (Å²) >= 11 is 0. The molecule has 3 heterocycles. The van der Waals surface area contributed by atoms with Gasteiger partial charge in [0.05, 0.1) is 17.8 Å². The molecule has 0 spiro atoms. The second kappa shape index (κ2) is 9.04. The van der Waals surface area contributed by atoms with Crippen LogP contribution in [0.3, 0.4) is 0 Å². The number of nitrogens with one attached hydrogen (secondary N) is 1. The van der Waals surface area contributed by atoms with Crippen molar-refractivity contribution in [2.45, 2.75) is 46.6 Å². The molecule has 2 aromatic heterocycles. The monoisotopic (exact) mass is 382 g/mol. The number of carbonyl (C=O) groups excluding carboxylic acids is 2. The minimum absolute atomic E-state index is 0.0205. The number of piperidine rings is 1. The van der Waals surface area contributed by atoms with Crippen molar-refractivity contribution in [2.75, 3.05) is 19.6 Å². The minimum atomic E-state index is 0.0205. The van der Waals surface area contributed by atoms with Crippen molar-refractivity contribution in [3.8, 4) is 0 Å². The van der Waals surface area contributed by atoms with E-state index in [-0.39, 0.29) is 17.7 Å². The highest BCUT2D eigenvalue weighted by molar-refractivity contribution is 5.96. The molecule has 0 aliphatic carbocycles. The third-order valence-electron chi connectivity index (χ3n) is 5.55. The summed E-state index contributed by atoms with van der Waals surface area (Å²) in [5.74, 6) is 0.211. The zero-order valence-corrected chi connectivity index (χ0v) is 17.1. The quantitative estimate of drug-likeness (QED) is 0.835. The number of pyridine rings is 1. The van der Waals surface area contributed by atoms with Crippen LogP contribution in [0.2, 0.25) is 0 Å². The Bertz CT molecular complexity index is 821. The molecule has 1 aliphatic rings. The highest BCUT2D eigenvalue weighted by atomic mass is 16.2. The summed E-state index contributed by atoms with van der Waals surface area (Å²) < 4.78 is 2.14. The summed E-state index contributed by atoms with van der Waals surface area (Å²) in [6.07, 6.45) is 4.19. The van der Waals surface area contributed by atoms with Crippen molar-refractivity contribution in [3.05, 3.63) is 53.1 Å². The fourth-order valence-electron chi connectivity index (χ4n) is 3.82. The van der Waals surface area contributed by atoms with Gasteiger partial charge in [0.25, 0.3) is 5.91 Å². The zero-order valence-electron chi connectivity index (χ0n) is 17.1. The molecule has 28 heavy (non-hydrogen) atoms. The van der Waals surface area contributed by atoms with Crippen molar-refractivity contribution in [1.82, 2.24) is 19.8 Å². The maximum Gasteiger partial charge on any atom is 0.255 e. The molecule has 6 heteroatoms. The molecule has 2 amide bonds. The summed E-state index contributed by atoms with van der Waals surface area (Å²) in [5.41, 5.74) is 3.75. The molecule has 0 aromatic carbocycles. The molecule has 1 saturated heterocycles. The van der Waals surface area contributed by atoms with Crippen molar-refractivity contribution in [2.24, 2.45) is 5.92 Å². The summed E-state index contributed by atoms with van der Waals surface area (Å²) in [4.78, 5) is 31.5. The molecule has 0 bridgehead atoms. The fraction of sp³-hybridized carbons (Fsp3) is 0.500. The van der Waals surface area contributed by atoms with Gasteiger partial charge in [0.15, 0.2) is 0 Å². The maximum atomic E-state index is 13.1. The number of hydrogen-bond acceptors (Lipinski definition) is 3. The van der Waals surface area contributed by atoms with Crippen LogP contribution in [-0.2, 0) is 11.3 Å². The number of aryl methyl sites for hydroxylation is 1. The Morgan fingerprint density at radius 3 is 2.61 bits per heavy atom. The Morgan fingerprint density at radius 1 is 1.21 bits per heavy atom. The molecule has 3 rings (SSSR count). The fourth-order valence-corrected chi connectivity index (χ4v) is 3.82. The van der Waals surface area contributed by atoms with Gasteiger partial charge in [0.1, 0.15) is 0 Å². The Balaban J connectivity index is 1.65. The van der Waals surface area contributed by atoms with E-state index >= 15 is 0 Å². The van der Waals surface area contributed by atoms with Crippen molar-refractivity contribution in [1.29, 1.82) is 0 Å². The third kappa shape index (κ3) is 4.43. The Hall–Kier alpha value is -2.63. The predicted molar refractivity (Wildman–Crippen MR) is 109 cm³/mol. The van der Waals surface area contributed by atoms with E-state index in [1.54, 1.807) is 6.20 Å². The molecular formula is C22H30N4O2. The molecule has 1 fully saturated rings. The average Bonchev–Trinajstić information content (AvgIpc) is 3.00. The van der Waals surface area contributed by atoms with Gasteiger partial charge in [-0.1, -0.05) is 13.0 Å². The van der Waals surface area contributed by atoms with E-state index in [0.717, 1.165) is 48.5 Å². The van der Waals surface area contributed by atoms with E-state index < -0.39 is 0 Å². The topological polar surface area (TPSA) is 67.2 Å². The second-order valence-corrected chi connectivity index (χ2v) is 7.55. The van der Waals surface area contributed by atoms with Gasteiger partial charge in [-0.25, -0.2) is 0 Å². The van der Waals surface area contributed by atoms with Crippen LogP contribution in [0.15, 0.2) is 30.5 Å². The molecule has 0 atom stereocenters. The lowest BCUT2D eigenvalue weighted by atomic mass is 9.95. The molecular weight excluding hydrogens is 352 g/mol. The van der Waals surface area contributed by atoms with Gasteiger partial charge < -0.3 is 14.8 Å². The van der Waals surface area contributed by atoms with Gasteiger partial charge in [0, 0.05) is 43.1 Å². The van der Waals surface area contributed by atoms with Gasteiger partial charge in [-0.05, 0) is 51.3 Å². The number of aromatic nitrogens is 2. The van der Waals surface area contributed by atoms with Crippen molar-refractivity contribution >= 4 is 11.8 Å². The van der Waals surface area contributed by atoms with E-state index in [9.17, 15) is 9.59 Å². The first-order chi connectivity index (χ1) is 13.5. The standard InChI is InChI=1S/C22H30N4O2/c1-4-10-24-21(27)18-8-12-25(13-9-18)22(28)20-14-16(2)26(17(20)3)15-19-7-5-6-11-23-19/h5-7,11,14,18H,4,8-10,12-13,15H2,1-3H3,(H,24,27). The summed E-state index contributed by atoms with van der Waals surface area (Å²) in [7, 11) is 0. The van der Waals surface area contributed by atoms with Crippen LogP contribution >= 0.6 is 0 Å². The molecule has 0 radical (unpaired) electrons. The number of hydrogen-bond donors (Lipinski definition) is 1. The maximum absolute atomic E-state index is 13.1. The van der Waals surface area contributed by atoms with Crippen LogP contribution in [0.25, 0.3) is 0 Å². The third-order valence-corrected chi connectivity index (χ3v) is 5.55. The smallest absolute Gasteiger partial charge is 0.255 e. The lowest BCUT2D eigenvalue weighted by molar-refractivity contribution is -0.126. The second-order valence-electron chi connectivity index (χ2n) is 7.55. The average molecular weight is 383 g/mol. The van der Waals surface area contributed by atoms with Crippen LogP contribution in [0, 0.1) is 19.8 Å². The minimum Gasteiger partial charge on any atom is -0.356 e. The van der Waals surface area contributed by atoms with E-state index in [1.165, 1.54) is 0 Å². The van der Waals surface area contributed by atoms with E-state index in [1.807, 2.05) is 49.9 Å². The highest BCUT2D eigenvalue weighted by Gasteiger charge is 2.29. The summed E-state index contributed by atoms with van der Waals surface area (Å²) in [6.45, 7) is 8.71. The first kappa shape index (κ1) is 20.1. The van der Waals surface area contributed by atoms with Crippen molar-refractivity contribution < 1.29 is 9.59 Å². The lowest BCUT2D eigenvalue weighted by Gasteiger charge is -2.31. The largest absolute Gasteiger partial charge is 0.356 e. The Morgan fingerprint density at radius 2 is 1.96 bits per heavy atom. The van der Waals surface area contributed by atoms with Crippen LogP contribution < -0.4 is 5.32 Å². The van der Waals surface area contributed by atoms with Crippen LogP contribution in [0.1, 0.15) is 53.6 Å². The van der Waals surface area contributed by atoms with Gasteiger partial charge in [0.2, 0.25) is 5.91 Å². The summed E-state index contributed by atoms with van der Waals surface area (Å²) in [6, 6.07) is 7.85. The van der Waals surface area contributed by atoms with Crippen LogP contribution in [-0.4, -0.2) is 45.9 Å². The van der Waals surface area contributed by atoms with Crippen LogP contribution in [0.4, 0.5) is 0 Å². The highest BCUT2D eigenvalue weighted by Crippen LogP contribution is 2.23. The lowest BCUT2D eigenvalue weighted by Crippen LogP contribution is -2.43. The number of nitrogens with zero attached hydrogens (tertiary/aromatic N) is 3. The van der Waals surface area contributed by atoms with Crippen LogP contribution in [0.5, 0.6) is 0 Å². The van der Waals surface area contributed by atoms with Crippen molar-refractivity contribution in [3.63, 3.8) is 0 Å². The van der Waals surface area contributed by atoms with Gasteiger partial charge in [-0.2, -0.15) is 0 Å². The number of amides is 2. The number of carbonyl (C=O) groups is 2.